The molecule has 0 saturated heterocycles. The summed E-state index contributed by atoms with van der Waals surface area (Å²) in [7, 11) is -2.33. The largest absolute Gasteiger partial charge is 1.00 e. The molecular weight excluding hydrogens is 231 g/mol. The smallest absolute Gasteiger partial charge is 0.424 e. The van der Waals surface area contributed by atoms with Crippen LogP contribution in [0.3, 0.4) is 0 Å². The molecule has 0 amide bonds. The molecule has 0 spiro atoms. The first-order valence-corrected chi connectivity index (χ1v) is 7.35. The van der Waals surface area contributed by atoms with Crippen LogP contribution in [0, 0.1) is 5.92 Å². The van der Waals surface area contributed by atoms with Crippen molar-refractivity contribution in [1.29, 1.82) is 0 Å². The van der Waals surface area contributed by atoms with Gasteiger partial charge in [0.05, 0.1) is 11.0 Å². The van der Waals surface area contributed by atoms with Crippen molar-refractivity contribution in [2.75, 3.05) is 6.61 Å². The average molecular weight is 256 g/mol. The Labute approximate surface area is 120 Å². The molecule has 0 aliphatic rings. The van der Waals surface area contributed by atoms with Crippen molar-refractivity contribution in [3.05, 3.63) is 0 Å². The third-order valence-electron chi connectivity index (χ3n) is 2.61. The minimum absolute atomic E-state index is 0. The molecule has 0 atom stereocenters. The van der Waals surface area contributed by atoms with Gasteiger partial charge in [-0.2, -0.15) is 0 Å². The van der Waals surface area contributed by atoms with Crippen molar-refractivity contribution in [3.8, 4) is 0 Å². The summed E-state index contributed by atoms with van der Waals surface area (Å²) >= 11 is 0. The van der Waals surface area contributed by atoms with E-state index in [0.29, 0.717) is 6.61 Å². The summed E-state index contributed by atoms with van der Waals surface area (Å²) in [6.07, 6.45) is 9.69. The third-order valence-corrected chi connectivity index (χ3v) is 2.96. The zero-order valence-electron chi connectivity index (χ0n) is 11.6. The molecule has 0 aliphatic carbocycles. The van der Waals surface area contributed by atoms with Gasteiger partial charge in [0.15, 0.2) is 0 Å². The van der Waals surface area contributed by atoms with E-state index in [0.717, 1.165) is 18.8 Å². The van der Waals surface area contributed by atoms with Crippen LogP contribution >= 0.6 is 0 Å². The molecule has 0 rings (SSSR count). The zero-order chi connectivity index (χ0) is 12.2. The van der Waals surface area contributed by atoms with Crippen LogP contribution in [0.5, 0.6) is 0 Å². The van der Waals surface area contributed by atoms with Crippen molar-refractivity contribution in [2.24, 2.45) is 5.92 Å². The van der Waals surface area contributed by atoms with E-state index in [1.54, 1.807) is 0 Å². The second-order valence-electron chi connectivity index (χ2n) is 4.68. The predicted molar refractivity (Wildman–Crippen MR) is 66.5 cm³/mol. The molecule has 0 aliphatic heterocycles. The van der Waals surface area contributed by atoms with E-state index in [9.17, 15) is 8.42 Å². The van der Waals surface area contributed by atoms with Gasteiger partial charge < -0.3 is 12.6 Å². The van der Waals surface area contributed by atoms with E-state index in [2.05, 4.69) is 18.0 Å². The van der Waals surface area contributed by atoms with Gasteiger partial charge in [-0.3, -0.25) is 0 Å². The Hall–Kier alpha value is 0.507. The third kappa shape index (κ3) is 19.0. The Morgan fingerprint density at radius 3 is 1.82 bits per heavy atom. The van der Waals surface area contributed by atoms with Gasteiger partial charge in [0.1, 0.15) is 0 Å². The summed E-state index contributed by atoms with van der Waals surface area (Å²) < 4.78 is 24.5. The molecule has 0 aromatic heterocycles. The van der Waals surface area contributed by atoms with Crippen molar-refractivity contribution < 1.29 is 31.5 Å². The first-order chi connectivity index (χ1) is 7.63. The summed E-state index contributed by atoms with van der Waals surface area (Å²) in [6, 6.07) is 0. The SMILES string of the molecule is CC(C)CCCCCCCCCO[S-](=O)=O.[Li+]. The molecule has 0 heterocycles. The summed E-state index contributed by atoms with van der Waals surface area (Å²) in [6.45, 7) is 4.86. The van der Waals surface area contributed by atoms with Crippen molar-refractivity contribution >= 4 is 11.0 Å². The van der Waals surface area contributed by atoms with Crippen molar-refractivity contribution in [3.63, 3.8) is 0 Å². The molecule has 3 nitrogen and oxygen atoms in total. The molecule has 98 valence electrons. The van der Waals surface area contributed by atoms with Gasteiger partial charge in [-0.25, -0.2) is 0 Å². The van der Waals surface area contributed by atoms with Crippen molar-refractivity contribution in [2.45, 2.75) is 65.2 Å². The van der Waals surface area contributed by atoms with Gasteiger partial charge in [-0.05, 0) is 12.3 Å². The van der Waals surface area contributed by atoms with Crippen LogP contribution in [-0.4, -0.2) is 6.61 Å². The average Bonchev–Trinajstić information content (AvgIpc) is 2.20. The predicted octanol–water partition coefficient (Wildman–Crippen LogP) is 1.01. The summed E-state index contributed by atoms with van der Waals surface area (Å²) in [5.74, 6) is 0.824. The maximum absolute atomic E-state index is 10.0. The van der Waals surface area contributed by atoms with Gasteiger partial charge in [0.2, 0.25) is 0 Å². The minimum atomic E-state index is -2.33. The number of hydrogen-bond acceptors (Lipinski definition) is 4. The molecule has 5 heteroatoms. The molecule has 0 aromatic carbocycles. The fourth-order valence-corrected chi connectivity index (χ4v) is 1.92. The summed E-state index contributed by atoms with van der Waals surface area (Å²) in [4.78, 5) is 0. The maximum atomic E-state index is 10.0. The molecule has 0 aromatic rings. The van der Waals surface area contributed by atoms with Gasteiger partial charge in [-0.1, -0.05) is 58.8 Å². The Morgan fingerprint density at radius 2 is 1.35 bits per heavy atom. The molecule has 0 saturated carbocycles. The molecule has 0 N–H and O–H groups in total. The molecule has 0 bridgehead atoms. The second-order valence-corrected chi connectivity index (χ2v) is 5.33. The maximum Gasteiger partial charge on any atom is 1.00 e. The molecule has 0 fully saturated rings. The number of rotatable bonds is 11. The Morgan fingerprint density at radius 1 is 0.882 bits per heavy atom. The van der Waals surface area contributed by atoms with Crippen LogP contribution < -0.4 is 18.9 Å². The van der Waals surface area contributed by atoms with Crippen LogP contribution in [-0.2, 0) is 23.6 Å². The standard InChI is InChI=1S/C12H25O3S.Li/c1-12(2)10-8-6-4-3-5-7-9-11-15-16(13)14;/h12H,3-11H2,1-2H3;/q-1;+1. The Bertz CT molecular complexity index is 210. The fraction of sp³-hybridized carbons (Fsp3) is 1.00. The quantitative estimate of drug-likeness (QED) is 0.315. The van der Waals surface area contributed by atoms with Crippen LogP contribution in [0.25, 0.3) is 0 Å². The minimum Gasteiger partial charge on any atom is -0.424 e. The Kier molecular flexibility index (Phi) is 17.0. The summed E-state index contributed by atoms with van der Waals surface area (Å²) in [5, 5.41) is 0. The Balaban J connectivity index is 0. The van der Waals surface area contributed by atoms with E-state index in [-0.39, 0.29) is 18.9 Å². The fourth-order valence-electron chi connectivity index (χ4n) is 1.67. The van der Waals surface area contributed by atoms with E-state index in [1.807, 2.05) is 0 Å². The van der Waals surface area contributed by atoms with E-state index in [1.165, 1.54) is 38.5 Å². The van der Waals surface area contributed by atoms with E-state index in [4.69, 9.17) is 0 Å². The van der Waals surface area contributed by atoms with E-state index >= 15 is 0 Å². The van der Waals surface area contributed by atoms with Gasteiger partial charge >= 0.3 is 18.9 Å². The van der Waals surface area contributed by atoms with Crippen LogP contribution in [0.1, 0.15) is 65.2 Å². The van der Waals surface area contributed by atoms with Gasteiger partial charge in [0, 0.05) is 6.61 Å². The first-order valence-electron chi connectivity index (χ1n) is 6.35. The van der Waals surface area contributed by atoms with Gasteiger partial charge in [0.25, 0.3) is 0 Å². The van der Waals surface area contributed by atoms with Crippen LogP contribution in [0.15, 0.2) is 0 Å². The molecule has 0 unspecified atom stereocenters. The number of unbranched alkanes of at least 4 members (excludes halogenated alkanes) is 6. The normalized spacial score (nSPS) is 10.8. The summed E-state index contributed by atoms with van der Waals surface area (Å²) in [5.41, 5.74) is 0. The van der Waals surface area contributed by atoms with Gasteiger partial charge in [-0.15, -0.1) is 0 Å². The zero-order valence-corrected chi connectivity index (χ0v) is 12.4. The van der Waals surface area contributed by atoms with Crippen molar-refractivity contribution in [1.82, 2.24) is 0 Å². The second kappa shape index (κ2) is 14.6. The monoisotopic (exact) mass is 256 g/mol. The van der Waals surface area contributed by atoms with Crippen LogP contribution in [0.2, 0.25) is 0 Å². The molecular formula is C12H25LiO3S. The molecule has 17 heavy (non-hydrogen) atoms. The topological polar surface area (TPSA) is 43.4 Å². The molecule has 0 radical (unpaired) electrons. The van der Waals surface area contributed by atoms with Crippen LogP contribution in [0.4, 0.5) is 0 Å². The first kappa shape index (κ1) is 19.8. The van der Waals surface area contributed by atoms with E-state index < -0.39 is 11.0 Å². The number of hydrogen-bond donors (Lipinski definition) is 0.